The van der Waals surface area contributed by atoms with Crippen LogP contribution >= 0.6 is 0 Å². The maximum atomic E-state index is 11.4. The van der Waals surface area contributed by atoms with Crippen LogP contribution in [-0.2, 0) is 9.53 Å². The van der Waals surface area contributed by atoms with Crippen molar-refractivity contribution < 1.29 is 14.3 Å². The zero-order valence-electron chi connectivity index (χ0n) is 9.55. The molecular weight excluding hydrogens is 218 g/mol. The van der Waals surface area contributed by atoms with Gasteiger partial charge in [-0.2, -0.15) is 5.26 Å². The van der Waals surface area contributed by atoms with Gasteiger partial charge in [0.05, 0.1) is 5.56 Å². The number of benzene rings is 1. The summed E-state index contributed by atoms with van der Waals surface area (Å²) >= 11 is 0. The highest BCUT2D eigenvalue weighted by atomic mass is 16.6. The lowest BCUT2D eigenvalue weighted by Gasteiger charge is -2.13. The van der Waals surface area contributed by atoms with Crippen LogP contribution in [0.4, 0.5) is 0 Å². The van der Waals surface area contributed by atoms with Crippen molar-refractivity contribution in [2.45, 2.75) is 13.0 Å². The minimum atomic E-state index is -0.760. The van der Waals surface area contributed by atoms with Crippen molar-refractivity contribution in [3.8, 4) is 11.8 Å². The van der Waals surface area contributed by atoms with Crippen LogP contribution in [0.3, 0.4) is 0 Å². The average molecular weight is 231 g/mol. The second kappa shape index (κ2) is 6.33. The number of carbonyl (C=O) groups excluding carboxylic acids is 1. The van der Waals surface area contributed by atoms with E-state index in [1.54, 1.807) is 31.2 Å². The van der Waals surface area contributed by atoms with Gasteiger partial charge in [-0.3, -0.25) is 0 Å². The first-order valence-electron chi connectivity index (χ1n) is 5.12. The Hall–Kier alpha value is -2.28. The minimum Gasteiger partial charge on any atom is -0.478 e. The molecule has 0 radical (unpaired) electrons. The van der Waals surface area contributed by atoms with E-state index in [0.717, 1.165) is 0 Å². The molecule has 1 aromatic carbocycles. The summed E-state index contributed by atoms with van der Waals surface area (Å²) in [7, 11) is 0. The van der Waals surface area contributed by atoms with Gasteiger partial charge in [0.25, 0.3) is 0 Å². The molecular formula is C13H13NO3. The van der Waals surface area contributed by atoms with E-state index in [1.807, 2.05) is 6.07 Å². The molecule has 0 aliphatic carbocycles. The number of hydrogen-bond acceptors (Lipinski definition) is 4. The van der Waals surface area contributed by atoms with Gasteiger partial charge in [-0.15, -0.1) is 0 Å². The number of hydrogen-bond donors (Lipinski definition) is 0. The molecule has 0 aliphatic heterocycles. The van der Waals surface area contributed by atoms with Crippen LogP contribution in [0.5, 0.6) is 5.75 Å². The molecule has 4 heteroatoms. The highest BCUT2D eigenvalue weighted by Gasteiger charge is 2.17. The molecule has 0 N–H and O–H groups in total. The third-order valence-corrected chi connectivity index (χ3v) is 1.99. The largest absolute Gasteiger partial charge is 0.478 e. The van der Waals surface area contributed by atoms with Crippen molar-refractivity contribution in [1.82, 2.24) is 0 Å². The Morgan fingerprint density at radius 1 is 1.59 bits per heavy atom. The Balaban J connectivity index is 2.68. The van der Waals surface area contributed by atoms with E-state index in [0.29, 0.717) is 11.3 Å². The second-order valence-corrected chi connectivity index (χ2v) is 3.29. The van der Waals surface area contributed by atoms with Crippen LogP contribution < -0.4 is 4.74 Å². The molecule has 1 aromatic rings. The molecule has 1 rings (SSSR count). The molecule has 17 heavy (non-hydrogen) atoms. The topological polar surface area (TPSA) is 59.3 Å². The SMILES string of the molecule is C=CCOC(=O)C(C)Oc1ccccc1C#N. The number of nitrogens with zero attached hydrogens (tertiary/aromatic N) is 1. The number of para-hydroxylation sites is 1. The van der Waals surface area contributed by atoms with E-state index in [2.05, 4.69) is 6.58 Å². The van der Waals surface area contributed by atoms with E-state index in [1.165, 1.54) is 6.08 Å². The van der Waals surface area contributed by atoms with E-state index in [9.17, 15) is 4.79 Å². The van der Waals surface area contributed by atoms with Gasteiger partial charge in [0.1, 0.15) is 18.4 Å². The molecule has 0 bridgehead atoms. The maximum Gasteiger partial charge on any atom is 0.347 e. The molecule has 0 amide bonds. The van der Waals surface area contributed by atoms with Crippen LogP contribution in [0.1, 0.15) is 12.5 Å². The van der Waals surface area contributed by atoms with Gasteiger partial charge < -0.3 is 9.47 Å². The summed E-state index contributed by atoms with van der Waals surface area (Å²) in [5.74, 6) is -0.115. The lowest BCUT2D eigenvalue weighted by atomic mass is 10.2. The van der Waals surface area contributed by atoms with Crippen LogP contribution in [0.2, 0.25) is 0 Å². The third-order valence-electron chi connectivity index (χ3n) is 1.99. The zero-order chi connectivity index (χ0) is 12.7. The van der Waals surface area contributed by atoms with Gasteiger partial charge in [-0.05, 0) is 19.1 Å². The van der Waals surface area contributed by atoms with E-state index >= 15 is 0 Å². The van der Waals surface area contributed by atoms with Gasteiger partial charge in [-0.25, -0.2) is 4.79 Å². The van der Waals surface area contributed by atoms with Gasteiger partial charge in [-0.1, -0.05) is 24.8 Å². The predicted molar refractivity (Wildman–Crippen MR) is 62.4 cm³/mol. The van der Waals surface area contributed by atoms with Crippen molar-refractivity contribution in [1.29, 1.82) is 5.26 Å². The maximum absolute atomic E-state index is 11.4. The molecule has 0 fully saturated rings. The van der Waals surface area contributed by atoms with Crippen LogP contribution in [0.25, 0.3) is 0 Å². The fraction of sp³-hybridized carbons (Fsp3) is 0.231. The molecule has 0 spiro atoms. The molecule has 0 aromatic heterocycles. The molecule has 4 nitrogen and oxygen atoms in total. The van der Waals surface area contributed by atoms with Gasteiger partial charge in [0, 0.05) is 0 Å². The lowest BCUT2D eigenvalue weighted by Crippen LogP contribution is -2.26. The second-order valence-electron chi connectivity index (χ2n) is 3.29. The quantitative estimate of drug-likeness (QED) is 0.575. The summed E-state index contributed by atoms with van der Waals surface area (Å²) < 4.78 is 10.2. The summed E-state index contributed by atoms with van der Waals surface area (Å²) in [4.78, 5) is 11.4. The molecule has 0 heterocycles. The lowest BCUT2D eigenvalue weighted by molar-refractivity contribution is -0.149. The molecule has 0 saturated carbocycles. The number of esters is 1. The Bertz CT molecular complexity index is 448. The minimum absolute atomic E-state index is 0.145. The van der Waals surface area contributed by atoms with Gasteiger partial charge in [0.2, 0.25) is 0 Å². The first-order chi connectivity index (χ1) is 8.19. The highest BCUT2D eigenvalue weighted by molar-refractivity contribution is 5.74. The third kappa shape index (κ3) is 3.65. The molecule has 0 saturated heterocycles. The molecule has 0 aliphatic rings. The summed E-state index contributed by atoms with van der Waals surface area (Å²) in [5, 5.41) is 8.85. The van der Waals surface area contributed by atoms with Crippen molar-refractivity contribution in [3.63, 3.8) is 0 Å². The number of carbonyl (C=O) groups is 1. The number of rotatable bonds is 5. The Kier molecular flexibility index (Phi) is 4.77. The van der Waals surface area contributed by atoms with Crippen LogP contribution in [-0.4, -0.2) is 18.7 Å². The number of ether oxygens (including phenoxy) is 2. The fourth-order valence-electron chi connectivity index (χ4n) is 1.16. The molecule has 88 valence electrons. The van der Waals surface area contributed by atoms with Crippen molar-refractivity contribution >= 4 is 5.97 Å². The number of nitriles is 1. The normalized spacial score (nSPS) is 11.1. The Labute approximate surface area is 100 Å². The van der Waals surface area contributed by atoms with Gasteiger partial charge >= 0.3 is 5.97 Å². The first kappa shape index (κ1) is 12.8. The van der Waals surface area contributed by atoms with E-state index in [4.69, 9.17) is 14.7 Å². The summed E-state index contributed by atoms with van der Waals surface area (Å²) in [6.45, 7) is 5.16. The Morgan fingerprint density at radius 2 is 2.29 bits per heavy atom. The fourth-order valence-corrected chi connectivity index (χ4v) is 1.16. The molecule has 1 atom stereocenters. The highest BCUT2D eigenvalue weighted by Crippen LogP contribution is 2.18. The van der Waals surface area contributed by atoms with Crippen molar-refractivity contribution in [2.24, 2.45) is 0 Å². The Morgan fingerprint density at radius 3 is 2.94 bits per heavy atom. The molecule has 1 unspecified atom stereocenters. The monoisotopic (exact) mass is 231 g/mol. The van der Waals surface area contributed by atoms with Crippen LogP contribution in [0, 0.1) is 11.3 Å². The standard InChI is InChI=1S/C13H13NO3/c1-3-8-16-13(15)10(2)17-12-7-5-4-6-11(12)9-14/h3-7,10H,1,8H2,2H3. The predicted octanol–water partition coefficient (Wildman–Crippen LogP) is 2.05. The van der Waals surface area contributed by atoms with E-state index in [-0.39, 0.29) is 6.61 Å². The van der Waals surface area contributed by atoms with Crippen LogP contribution in [0.15, 0.2) is 36.9 Å². The smallest absolute Gasteiger partial charge is 0.347 e. The van der Waals surface area contributed by atoms with Gasteiger partial charge in [0.15, 0.2) is 6.10 Å². The van der Waals surface area contributed by atoms with Crippen molar-refractivity contribution in [3.05, 3.63) is 42.5 Å². The first-order valence-corrected chi connectivity index (χ1v) is 5.12. The summed E-state index contributed by atoms with van der Waals surface area (Å²) in [6.07, 6.45) is 0.720. The summed E-state index contributed by atoms with van der Waals surface area (Å²) in [5.41, 5.74) is 0.385. The summed E-state index contributed by atoms with van der Waals surface area (Å²) in [6, 6.07) is 8.71. The van der Waals surface area contributed by atoms with E-state index < -0.39 is 12.1 Å². The zero-order valence-corrected chi connectivity index (χ0v) is 9.55. The average Bonchev–Trinajstić information content (AvgIpc) is 2.36. The van der Waals surface area contributed by atoms with Crippen molar-refractivity contribution in [2.75, 3.05) is 6.61 Å².